The van der Waals surface area contributed by atoms with Gasteiger partial charge in [0, 0.05) is 12.4 Å². The lowest BCUT2D eigenvalue weighted by Gasteiger charge is -2.03. The maximum atomic E-state index is 10.8. The molecule has 1 N–H and O–H groups in total. The summed E-state index contributed by atoms with van der Waals surface area (Å²) < 4.78 is 0. The first-order valence-electron chi connectivity index (χ1n) is 4.81. The summed E-state index contributed by atoms with van der Waals surface area (Å²) in [7, 11) is 0. The summed E-state index contributed by atoms with van der Waals surface area (Å²) in [6.07, 6.45) is 4.82. The van der Waals surface area contributed by atoms with Crippen molar-refractivity contribution in [1.29, 1.82) is 0 Å². The van der Waals surface area contributed by atoms with Crippen LogP contribution in [0.2, 0.25) is 0 Å². The van der Waals surface area contributed by atoms with Gasteiger partial charge in [-0.15, -0.1) is 0 Å². The van der Waals surface area contributed by atoms with Gasteiger partial charge in [0.2, 0.25) is 0 Å². The number of rotatable bonds is 3. The molecule has 0 spiro atoms. The standard InChI is InChI=1S/C11H9N3O2S/c1-7-8(11(15)16)2-3-9(14-7)17-10-6-12-4-5-13-10/h2-6H,1H3,(H,15,16). The molecule has 0 atom stereocenters. The molecule has 5 nitrogen and oxygen atoms in total. The molecule has 0 amide bonds. The number of carboxylic acid groups (broad SMARTS) is 1. The Balaban J connectivity index is 2.24. The average molecular weight is 247 g/mol. The molecule has 0 fully saturated rings. The Morgan fingerprint density at radius 1 is 1.29 bits per heavy atom. The Hall–Kier alpha value is -1.95. The summed E-state index contributed by atoms with van der Waals surface area (Å²) in [5.74, 6) is -0.967. The molecule has 6 heteroatoms. The van der Waals surface area contributed by atoms with Crippen molar-refractivity contribution in [3.05, 3.63) is 42.0 Å². The van der Waals surface area contributed by atoms with Crippen LogP contribution >= 0.6 is 11.8 Å². The summed E-state index contributed by atoms with van der Waals surface area (Å²) in [5, 5.41) is 10.3. The van der Waals surface area contributed by atoms with E-state index in [1.165, 1.54) is 11.8 Å². The van der Waals surface area contributed by atoms with Crippen LogP contribution in [0.5, 0.6) is 0 Å². The Labute approximate surface area is 102 Å². The topological polar surface area (TPSA) is 76.0 Å². The molecule has 2 rings (SSSR count). The molecule has 0 saturated carbocycles. The van der Waals surface area contributed by atoms with Crippen molar-refractivity contribution in [3.8, 4) is 0 Å². The van der Waals surface area contributed by atoms with Gasteiger partial charge in [-0.3, -0.25) is 4.98 Å². The number of nitrogens with zero attached hydrogens (tertiary/aromatic N) is 3. The van der Waals surface area contributed by atoms with Gasteiger partial charge in [-0.05, 0) is 30.8 Å². The highest BCUT2D eigenvalue weighted by molar-refractivity contribution is 7.99. The van der Waals surface area contributed by atoms with Gasteiger partial charge in [-0.1, -0.05) is 0 Å². The first kappa shape index (κ1) is 11.5. The molecule has 0 aromatic carbocycles. The molecule has 86 valence electrons. The smallest absolute Gasteiger partial charge is 0.337 e. The minimum Gasteiger partial charge on any atom is -0.478 e. The molecular formula is C11H9N3O2S. The van der Waals surface area contributed by atoms with Crippen molar-refractivity contribution >= 4 is 17.7 Å². The van der Waals surface area contributed by atoms with Gasteiger partial charge >= 0.3 is 5.97 Å². The maximum absolute atomic E-state index is 10.8. The van der Waals surface area contributed by atoms with Crippen LogP contribution in [0.4, 0.5) is 0 Å². The van der Waals surface area contributed by atoms with E-state index in [1.54, 1.807) is 37.6 Å². The van der Waals surface area contributed by atoms with E-state index < -0.39 is 5.97 Å². The van der Waals surface area contributed by atoms with Crippen LogP contribution in [-0.2, 0) is 0 Å². The van der Waals surface area contributed by atoms with Crippen LogP contribution in [0.25, 0.3) is 0 Å². The highest BCUT2D eigenvalue weighted by Gasteiger charge is 2.09. The molecule has 0 aliphatic carbocycles. The largest absolute Gasteiger partial charge is 0.478 e. The van der Waals surface area contributed by atoms with E-state index in [0.717, 1.165) is 5.03 Å². The Bertz CT molecular complexity index is 546. The number of aromatic nitrogens is 3. The first-order chi connectivity index (χ1) is 8.16. The van der Waals surface area contributed by atoms with Gasteiger partial charge < -0.3 is 5.11 Å². The molecule has 0 radical (unpaired) electrons. The Kier molecular flexibility index (Phi) is 3.34. The van der Waals surface area contributed by atoms with Crippen LogP contribution in [0.1, 0.15) is 16.1 Å². The third-order valence-electron chi connectivity index (χ3n) is 2.04. The minimum absolute atomic E-state index is 0.216. The number of carboxylic acids is 1. The van der Waals surface area contributed by atoms with Gasteiger partial charge in [0.15, 0.2) is 0 Å². The fourth-order valence-electron chi connectivity index (χ4n) is 1.27. The molecule has 17 heavy (non-hydrogen) atoms. The molecule has 2 aromatic heterocycles. The fraction of sp³-hybridized carbons (Fsp3) is 0.0909. The van der Waals surface area contributed by atoms with Gasteiger partial charge in [0.05, 0.1) is 17.5 Å². The highest BCUT2D eigenvalue weighted by Crippen LogP contribution is 2.24. The first-order valence-corrected chi connectivity index (χ1v) is 5.63. The molecular weight excluding hydrogens is 238 g/mol. The van der Waals surface area contributed by atoms with E-state index in [1.807, 2.05) is 0 Å². The lowest BCUT2D eigenvalue weighted by atomic mass is 10.2. The van der Waals surface area contributed by atoms with Crippen molar-refractivity contribution < 1.29 is 9.90 Å². The van der Waals surface area contributed by atoms with E-state index in [-0.39, 0.29) is 5.56 Å². The maximum Gasteiger partial charge on any atom is 0.337 e. The third-order valence-corrected chi connectivity index (χ3v) is 2.90. The van der Waals surface area contributed by atoms with Crippen molar-refractivity contribution in [2.45, 2.75) is 17.0 Å². The summed E-state index contributed by atoms with van der Waals surface area (Å²) in [6, 6.07) is 3.21. The summed E-state index contributed by atoms with van der Waals surface area (Å²) in [5.41, 5.74) is 0.708. The number of aromatic carboxylic acids is 1. The molecule has 0 aliphatic heterocycles. The zero-order valence-electron chi connectivity index (χ0n) is 8.99. The van der Waals surface area contributed by atoms with Crippen LogP contribution in [-0.4, -0.2) is 26.0 Å². The van der Waals surface area contributed by atoms with Crippen LogP contribution in [0.3, 0.4) is 0 Å². The molecule has 0 unspecified atom stereocenters. The predicted octanol–water partition coefficient (Wildman–Crippen LogP) is 2.03. The number of hydrogen-bond donors (Lipinski definition) is 1. The van der Waals surface area contributed by atoms with E-state index in [0.29, 0.717) is 10.7 Å². The lowest BCUT2D eigenvalue weighted by molar-refractivity contribution is 0.0695. The number of hydrogen-bond acceptors (Lipinski definition) is 5. The summed E-state index contributed by atoms with van der Waals surface area (Å²) in [6.45, 7) is 1.67. The van der Waals surface area contributed by atoms with Crippen molar-refractivity contribution in [2.24, 2.45) is 0 Å². The van der Waals surface area contributed by atoms with E-state index in [9.17, 15) is 4.79 Å². The van der Waals surface area contributed by atoms with Crippen molar-refractivity contribution in [2.75, 3.05) is 0 Å². The quantitative estimate of drug-likeness (QED) is 0.894. The van der Waals surface area contributed by atoms with E-state index in [2.05, 4.69) is 15.0 Å². The van der Waals surface area contributed by atoms with Gasteiger partial charge in [0.1, 0.15) is 10.1 Å². The van der Waals surface area contributed by atoms with E-state index >= 15 is 0 Å². The average Bonchev–Trinajstić information content (AvgIpc) is 2.30. The zero-order chi connectivity index (χ0) is 12.3. The second-order valence-electron chi connectivity index (χ2n) is 3.23. The number of carbonyl (C=O) groups is 1. The van der Waals surface area contributed by atoms with Crippen LogP contribution in [0.15, 0.2) is 40.8 Å². The zero-order valence-corrected chi connectivity index (χ0v) is 9.81. The minimum atomic E-state index is -0.967. The molecule has 0 saturated heterocycles. The Morgan fingerprint density at radius 3 is 2.71 bits per heavy atom. The van der Waals surface area contributed by atoms with E-state index in [4.69, 9.17) is 5.11 Å². The number of aryl methyl sites for hydroxylation is 1. The predicted molar refractivity (Wildman–Crippen MR) is 62.1 cm³/mol. The van der Waals surface area contributed by atoms with Gasteiger partial charge in [0.25, 0.3) is 0 Å². The van der Waals surface area contributed by atoms with Crippen LogP contribution < -0.4 is 0 Å². The third kappa shape index (κ3) is 2.79. The molecule has 0 bridgehead atoms. The number of pyridine rings is 1. The van der Waals surface area contributed by atoms with Crippen molar-refractivity contribution in [1.82, 2.24) is 15.0 Å². The van der Waals surface area contributed by atoms with Gasteiger partial charge in [-0.25, -0.2) is 14.8 Å². The second kappa shape index (κ2) is 4.92. The lowest BCUT2D eigenvalue weighted by Crippen LogP contribution is -2.01. The highest BCUT2D eigenvalue weighted by atomic mass is 32.2. The second-order valence-corrected chi connectivity index (χ2v) is 4.27. The molecule has 2 heterocycles. The Morgan fingerprint density at radius 2 is 2.12 bits per heavy atom. The monoisotopic (exact) mass is 247 g/mol. The SMILES string of the molecule is Cc1nc(Sc2cnccn2)ccc1C(=O)O. The normalized spacial score (nSPS) is 10.2. The molecule has 2 aromatic rings. The summed E-state index contributed by atoms with van der Waals surface area (Å²) in [4.78, 5) is 23.1. The van der Waals surface area contributed by atoms with Crippen molar-refractivity contribution in [3.63, 3.8) is 0 Å². The summed E-state index contributed by atoms with van der Waals surface area (Å²) >= 11 is 1.34. The van der Waals surface area contributed by atoms with Crippen LogP contribution in [0, 0.1) is 6.92 Å². The molecule has 0 aliphatic rings. The van der Waals surface area contributed by atoms with Gasteiger partial charge in [-0.2, -0.15) is 0 Å². The fourth-order valence-corrected chi connectivity index (χ4v) is 2.03.